The Morgan fingerprint density at radius 2 is 1.64 bits per heavy atom. The van der Waals surface area contributed by atoms with E-state index in [0.717, 1.165) is 42.9 Å². The van der Waals surface area contributed by atoms with Crippen LogP contribution < -0.4 is 5.32 Å². The molecule has 3 nitrogen and oxygen atoms in total. The summed E-state index contributed by atoms with van der Waals surface area (Å²) in [6.07, 6.45) is 3.47. The molecule has 1 saturated heterocycles. The predicted molar refractivity (Wildman–Crippen MR) is 90.7 cm³/mol. The first-order valence-electron chi connectivity index (χ1n) is 7.95. The second-order valence-corrected chi connectivity index (χ2v) is 5.93. The van der Waals surface area contributed by atoms with Crippen molar-refractivity contribution in [3.05, 3.63) is 59.7 Å². The highest BCUT2D eigenvalue weighted by molar-refractivity contribution is 5.95. The molecule has 1 amide bonds. The van der Waals surface area contributed by atoms with Gasteiger partial charge in [0.15, 0.2) is 0 Å². The van der Waals surface area contributed by atoms with Gasteiger partial charge >= 0.3 is 0 Å². The van der Waals surface area contributed by atoms with Gasteiger partial charge in [-0.3, -0.25) is 4.79 Å². The van der Waals surface area contributed by atoms with Crippen LogP contribution in [-0.4, -0.2) is 23.9 Å². The predicted octanol–water partition coefficient (Wildman–Crippen LogP) is 4.36. The van der Waals surface area contributed by atoms with Crippen LogP contribution in [0.15, 0.2) is 48.5 Å². The lowest BCUT2D eigenvalue weighted by atomic mass is 10.1. The lowest BCUT2D eigenvalue weighted by Crippen LogP contribution is -2.35. The zero-order valence-corrected chi connectivity index (χ0v) is 13.0. The van der Waals surface area contributed by atoms with Crippen LogP contribution in [-0.2, 0) is 0 Å². The largest absolute Gasteiger partial charge is 0.355 e. The lowest BCUT2D eigenvalue weighted by molar-refractivity contribution is 0.0724. The molecule has 1 aliphatic rings. The fourth-order valence-corrected chi connectivity index (χ4v) is 2.90. The molecule has 0 radical (unpaired) electrons. The lowest BCUT2D eigenvalue weighted by Gasteiger charge is -2.26. The summed E-state index contributed by atoms with van der Waals surface area (Å²) in [4.78, 5) is 14.5. The average molecular weight is 294 g/mol. The van der Waals surface area contributed by atoms with E-state index in [9.17, 15) is 4.79 Å². The monoisotopic (exact) mass is 294 g/mol. The van der Waals surface area contributed by atoms with Crippen molar-refractivity contribution in [2.24, 2.45) is 0 Å². The molecule has 0 unspecified atom stereocenters. The average Bonchev–Trinajstić information content (AvgIpc) is 2.55. The van der Waals surface area contributed by atoms with E-state index in [2.05, 4.69) is 24.4 Å². The molecule has 0 aliphatic carbocycles. The number of nitrogens with one attached hydrogen (secondary N) is 1. The highest BCUT2D eigenvalue weighted by atomic mass is 16.2. The Labute approximate surface area is 132 Å². The van der Waals surface area contributed by atoms with Crippen molar-refractivity contribution in [3.63, 3.8) is 0 Å². The first kappa shape index (κ1) is 14.6. The van der Waals surface area contributed by atoms with E-state index in [-0.39, 0.29) is 5.91 Å². The van der Waals surface area contributed by atoms with E-state index in [4.69, 9.17) is 0 Å². The van der Waals surface area contributed by atoms with Gasteiger partial charge in [-0.15, -0.1) is 0 Å². The molecule has 0 atom stereocenters. The van der Waals surface area contributed by atoms with E-state index < -0.39 is 0 Å². The number of likely N-dealkylation sites (tertiary alicyclic amines) is 1. The zero-order chi connectivity index (χ0) is 15.4. The Bertz CT molecular complexity index is 660. The van der Waals surface area contributed by atoms with Crippen molar-refractivity contribution in [2.45, 2.75) is 26.2 Å². The van der Waals surface area contributed by atoms with Gasteiger partial charge in [-0.2, -0.15) is 0 Å². The van der Waals surface area contributed by atoms with Gasteiger partial charge in [0, 0.05) is 30.0 Å². The Morgan fingerprint density at radius 3 is 2.36 bits per heavy atom. The number of rotatable bonds is 3. The summed E-state index contributed by atoms with van der Waals surface area (Å²) in [5, 5.41) is 3.37. The molecule has 2 aromatic rings. The Kier molecular flexibility index (Phi) is 4.42. The van der Waals surface area contributed by atoms with Crippen molar-refractivity contribution in [2.75, 3.05) is 18.4 Å². The van der Waals surface area contributed by atoms with Crippen molar-refractivity contribution in [3.8, 4) is 0 Å². The van der Waals surface area contributed by atoms with E-state index in [1.54, 1.807) is 0 Å². The third-order valence-corrected chi connectivity index (χ3v) is 4.06. The van der Waals surface area contributed by atoms with E-state index in [0.29, 0.717) is 0 Å². The molecule has 1 fully saturated rings. The summed E-state index contributed by atoms with van der Waals surface area (Å²) in [6, 6.07) is 16.0. The molecule has 1 aliphatic heterocycles. The summed E-state index contributed by atoms with van der Waals surface area (Å²) in [5.74, 6) is 0.146. The van der Waals surface area contributed by atoms with E-state index in [1.807, 2.05) is 41.3 Å². The second kappa shape index (κ2) is 6.65. The van der Waals surface area contributed by atoms with Gasteiger partial charge in [-0.1, -0.05) is 18.2 Å². The van der Waals surface area contributed by atoms with Gasteiger partial charge in [-0.05, 0) is 62.1 Å². The summed E-state index contributed by atoms with van der Waals surface area (Å²) < 4.78 is 0. The smallest absolute Gasteiger partial charge is 0.253 e. The maximum atomic E-state index is 12.6. The fourth-order valence-electron chi connectivity index (χ4n) is 2.90. The molecule has 1 heterocycles. The molecular formula is C19H22N2O. The van der Waals surface area contributed by atoms with Crippen LogP contribution >= 0.6 is 0 Å². The van der Waals surface area contributed by atoms with Crippen LogP contribution in [0.2, 0.25) is 0 Å². The molecule has 0 spiro atoms. The second-order valence-electron chi connectivity index (χ2n) is 5.93. The number of hydrogen-bond donors (Lipinski definition) is 1. The van der Waals surface area contributed by atoms with Gasteiger partial charge in [0.25, 0.3) is 5.91 Å². The van der Waals surface area contributed by atoms with Gasteiger partial charge in [0.2, 0.25) is 0 Å². The maximum Gasteiger partial charge on any atom is 0.253 e. The van der Waals surface area contributed by atoms with Gasteiger partial charge in [-0.25, -0.2) is 0 Å². The first-order chi connectivity index (χ1) is 10.7. The van der Waals surface area contributed by atoms with Crippen molar-refractivity contribution in [1.82, 2.24) is 4.90 Å². The Balaban J connectivity index is 1.75. The molecule has 0 saturated carbocycles. The number of nitrogens with zero attached hydrogens (tertiary/aromatic N) is 1. The Hall–Kier alpha value is -2.29. The zero-order valence-electron chi connectivity index (χ0n) is 13.0. The molecule has 22 heavy (non-hydrogen) atoms. The van der Waals surface area contributed by atoms with Gasteiger partial charge < -0.3 is 10.2 Å². The highest BCUT2D eigenvalue weighted by Crippen LogP contribution is 2.20. The number of carbonyl (C=O) groups excluding carboxylic acids is 1. The first-order valence-corrected chi connectivity index (χ1v) is 7.95. The summed E-state index contributed by atoms with van der Waals surface area (Å²) in [6.45, 7) is 3.84. The summed E-state index contributed by atoms with van der Waals surface area (Å²) in [5.41, 5.74) is 3.97. The number of carbonyl (C=O) groups is 1. The minimum absolute atomic E-state index is 0.146. The molecule has 3 rings (SSSR count). The third kappa shape index (κ3) is 3.48. The Morgan fingerprint density at radius 1 is 0.955 bits per heavy atom. The maximum absolute atomic E-state index is 12.6. The van der Waals surface area contributed by atoms with Crippen LogP contribution in [0.1, 0.15) is 35.2 Å². The highest BCUT2D eigenvalue weighted by Gasteiger charge is 2.18. The fraction of sp³-hybridized carbons (Fsp3) is 0.316. The van der Waals surface area contributed by atoms with E-state index >= 15 is 0 Å². The third-order valence-electron chi connectivity index (χ3n) is 4.06. The van der Waals surface area contributed by atoms with Gasteiger partial charge in [0.1, 0.15) is 0 Å². The van der Waals surface area contributed by atoms with Crippen molar-refractivity contribution >= 4 is 17.3 Å². The van der Waals surface area contributed by atoms with Crippen molar-refractivity contribution in [1.29, 1.82) is 0 Å². The van der Waals surface area contributed by atoms with E-state index in [1.165, 1.54) is 12.0 Å². The minimum Gasteiger partial charge on any atom is -0.355 e. The number of anilines is 2. The SMILES string of the molecule is Cc1cccc(Nc2cccc(C(=O)N3CCCCC3)c2)c1. The van der Waals surface area contributed by atoms with Crippen LogP contribution in [0, 0.1) is 6.92 Å². The standard InChI is InChI=1S/C19H22N2O/c1-15-7-5-9-17(13-15)20-18-10-6-8-16(14-18)19(22)21-11-3-2-4-12-21/h5-10,13-14,20H,2-4,11-12H2,1H3. The molecule has 0 aromatic heterocycles. The topological polar surface area (TPSA) is 32.3 Å². The molecule has 2 aromatic carbocycles. The number of hydrogen-bond acceptors (Lipinski definition) is 2. The molecular weight excluding hydrogens is 272 g/mol. The number of aryl methyl sites for hydroxylation is 1. The molecule has 114 valence electrons. The van der Waals surface area contributed by atoms with Crippen LogP contribution in [0.4, 0.5) is 11.4 Å². The number of benzene rings is 2. The molecule has 3 heteroatoms. The van der Waals surface area contributed by atoms with Crippen LogP contribution in [0.25, 0.3) is 0 Å². The van der Waals surface area contributed by atoms with Gasteiger partial charge in [0.05, 0.1) is 0 Å². The quantitative estimate of drug-likeness (QED) is 0.912. The van der Waals surface area contributed by atoms with Crippen molar-refractivity contribution < 1.29 is 4.79 Å². The van der Waals surface area contributed by atoms with Crippen LogP contribution in [0.3, 0.4) is 0 Å². The molecule has 1 N–H and O–H groups in total. The molecule has 0 bridgehead atoms. The number of amides is 1. The number of piperidine rings is 1. The minimum atomic E-state index is 0.146. The summed E-state index contributed by atoms with van der Waals surface area (Å²) in [7, 11) is 0. The van der Waals surface area contributed by atoms with Crippen LogP contribution in [0.5, 0.6) is 0 Å². The normalized spacial score (nSPS) is 14.7. The summed E-state index contributed by atoms with van der Waals surface area (Å²) >= 11 is 0.